The second-order valence-electron chi connectivity index (χ2n) is 4.71. The second-order valence-corrected chi connectivity index (χ2v) is 4.71. The van der Waals surface area contributed by atoms with Crippen LogP contribution in [-0.2, 0) is 0 Å². The summed E-state index contributed by atoms with van der Waals surface area (Å²) in [6.45, 7) is 5.84. The van der Waals surface area contributed by atoms with E-state index in [1.54, 1.807) is 13.0 Å². The van der Waals surface area contributed by atoms with E-state index >= 15 is 0 Å². The molecule has 18 heavy (non-hydrogen) atoms. The highest BCUT2D eigenvalue weighted by atomic mass is 16.6. The van der Waals surface area contributed by atoms with Crippen LogP contribution in [0.15, 0.2) is 18.2 Å². The predicted octanol–water partition coefficient (Wildman–Crippen LogP) is 3.16. The van der Waals surface area contributed by atoms with Gasteiger partial charge < -0.3 is 5.73 Å². The first-order chi connectivity index (χ1) is 8.40. The Labute approximate surface area is 105 Å². The fourth-order valence-corrected chi connectivity index (χ4v) is 2.04. The summed E-state index contributed by atoms with van der Waals surface area (Å²) in [5.41, 5.74) is 8.40. The molecule has 5 heteroatoms. The molecule has 1 aromatic heterocycles. The maximum absolute atomic E-state index is 10.8. The first kappa shape index (κ1) is 12.3. The number of fused-ring (bicyclic) bond motifs is 1. The van der Waals surface area contributed by atoms with E-state index in [1.807, 2.05) is 19.9 Å². The molecule has 0 fully saturated rings. The molecule has 5 nitrogen and oxygen atoms in total. The van der Waals surface area contributed by atoms with E-state index in [2.05, 4.69) is 4.98 Å². The second kappa shape index (κ2) is 4.25. The highest BCUT2D eigenvalue weighted by Crippen LogP contribution is 2.29. The van der Waals surface area contributed by atoms with Crippen LogP contribution in [0.2, 0.25) is 0 Å². The Balaban J connectivity index is 2.78. The van der Waals surface area contributed by atoms with E-state index in [0.29, 0.717) is 5.82 Å². The van der Waals surface area contributed by atoms with Crippen molar-refractivity contribution in [1.82, 2.24) is 4.98 Å². The number of nitro benzene ring substituents is 1. The average Bonchev–Trinajstić information content (AvgIpc) is 2.28. The Kier molecular flexibility index (Phi) is 2.90. The first-order valence-electron chi connectivity index (χ1n) is 5.75. The largest absolute Gasteiger partial charge is 0.383 e. The molecule has 94 valence electrons. The molecule has 2 rings (SSSR count). The van der Waals surface area contributed by atoms with Crippen LogP contribution >= 0.6 is 0 Å². The van der Waals surface area contributed by atoms with Crippen LogP contribution in [0.5, 0.6) is 0 Å². The Hall–Kier alpha value is -2.17. The van der Waals surface area contributed by atoms with Crippen LogP contribution in [0, 0.1) is 17.0 Å². The van der Waals surface area contributed by atoms with Gasteiger partial charge in [-0.2, -0.15) is 0 Å². The molecule has 1 aromatic carbocycles. The van der Waals surface area contributed by atoms with Crippen molar-refractivity contribution >= 4 is 22.4 Å². The summed E-state index contributed by atoms with van der Waals surface area (Å²) in [6.07, 6.45) is 0. The molecule has 0 radical (unpaired) electrons. The number of non-ortho nitro benzene ring substituents is 1. The van der Waals surface area contributed by atoms with Crippen LogP contribution in [0.4, 0.5) is 11.5 Å². The van der Waals surface area contributed by atoms with Crippen molar-refractivity contribution < 1.29 is 4.92 Å². The number of pyridine rings is 1. The number of anilines is 1. The van der Waals surface area contributed by atoms with Crippen molar-refractivity contribution in [3.05, 3.63) is 39.4 Å². The predicted molar refractivity (Wildman–Crippen MR) is 71.6 cm³/mol. The standard InChI is InChI=1S/C13H15N3O2/c1-7(2)11-6-9-5-10(16(17)18)4-8(3)12(9)15-13(11)14/h4-7H,1-3H3,(H2,14,15). The normalized spacial score (nSPS) is 11.1. The Morgan fingerprint density at radius 2 is 2.00 bits per heavy atom. The third kappa shape index (κ3) is 1.99. The Bertz CT molecular complexity index is 636. The number of benzene rings is 1. The van der Waals surface area contributed by atoms with Crippen LogP contribution in [-0.4, -0.2) is 9.91 Å². The Morgan fingerprint density at radius 3 is 2.56 bits per heavy atom. The molecule has 0 saturated heterocycles. The summed E-state index contributed by atoms with van der Waals surface area (Å²) < 4.78 is 0. The van der Waals surface area contributed by atoms with Crippen LogP contribution in [0.25, 0.3) is 10.9 Å². The monoisotopic (exact) mass is 245 g/mol. The number of nitro groups is 1. The van der Waals surface area contributed by atoms with Crippen LogP contribution in [0.1, 0.15) is 30.9 Å². The van der Waals surface area contributed by atoms with Gasteiger partial charge >= 0.3 is 0 Å². The highest BCUT2D eigenvalue weighted by molar-refractivity contribution is 5.86. The molecule has 0 spiro atoms. The van der Waals surface area contributed by atoms with Gasteiger partial charge in [0.1, 0.15) is 5.82 Å². The minimum absolute atomic E-state index is 0.0845. The van der Waals surface area contributed by atoms with Crippen molar-refractivity contribution in [1.29, 1.82) is 0 Å². The number of nitrogens with zero attached hydrogens (tertiary/aromatic N) is 2. The van der Waals surface area contributed by atoms with Gasteiger partial charge in [-0.25, -0.2) is 4.98 Å². The number of rotatable bonds is 2. The third-order valence-corrected chi connectivity index (χ3v) is 2.99. The number of hydrogen-bond acceptors (Lipinski definition) is 4. The zero-order chi connectivity index (χ0) is 13.4. The van der Waals surface area contributed by atoms with Crippen molar-refractivity contribution in [3.63, 3.8) is 0 Å². The zero-order valence-electron chi connectivity index (χ0n) is 10.6. The molecule has 2 aromatic rings. The fraction of sp³-hybridized carbons (Fsp3) is 0.308. The zero-order valence-corrected chi connectivity index (χ0v) is 10.6. The van der Waals surface area contributed by atoms with Crippen LogP contribution in [0.3, 0.4) is 0 Å². The minimum Gasteiger partial charge on any atom is -0.383 e. The average molecular weight is 245 g/mol. The topological polar surface area (TPSA) is 82.0 Å². The first-order valence-corrected chi connectivity index (χ1v) is 5.75. The summed E-state index contributed by atoms with van der Waals surface area (Å²) in [5.74, 6) is 0.732. The summed E-state index contributed by atoms with van der Waals surface area (Å²) in [4.78, 5) is 14.8. The number of aromatic nitrogens is 1. The summed E-state index contributed by atoms with van der Waals surface area (Å²) in [5, 5.41) is 11.6. The van der Waals surface area contributed by atoms with Crippen molar-refractivity contribution in [2.45, 2.75) is 26.7 Å². The molecule has 0 aliphatic heterocycles. The molecule has 0 amide bonds. The van der Waals surface area contributed by atoms with E-state index in [-0.39, 0.29) is 11.6 Å². The van der Waals surface area contributed by atoms with E-state index in [9.17, 15) is 10.1 Å². The van der Waals surface area contributed by atoms with Gasteiger partial charge in [0.2, 0.25) is 0 Å². The summed E-state index contributed by atoms with van der Waals surface area (Å²) in [7, 11) is 0. The van der Waals surface area contributed by atoms with Gasteiger partial charge in [-0.1, -0.05) is 13.8 Å². The van der Waals surface area contributed by atoms with Gasteiger partial charge in [-0.15, -0.1) is 0 Å². The van der Waals surface area contributed by atoms with Gasteiger partial charge in [0.05, 0.1) is 10.4 Å². The fourth-order valence-electron chi connectivity index (χ4n) is 2.04. The lowest BCUT2D eigenvalue weighted by Crippen LogP contribution is -2.01. The van der Waals surface area contributed by atoms with Gasteiger partial charge in [-0.3, -0.25) is 10.1 Å². The smallest absolute Gasteiger partial charge is 0.270 e. The lowest BCUT2D eigenvalue weighted by Gasteiger charge is -2.11. The molecule has 0 saturated carbocycles. The van der Waals surface area contributed by atoms with Gasteiger partial charge in [-0.05, 0) is 30.0 Å². The van der Waals surface area contributed by atoms with Crippen molar-refractivity contribution in [2.75, 3.05) is 5.73 Å². The van der Waals surface area contributed by atoms with Crippen molar-refractivity contribution in [2.24, 2.45) is 0 Å². The van der Waals surface area contributed by atoms with E-state index in [1.165, 1.54) is 6.07 Å². The maximum atomic E-state index is 10.8. The molecule has 0 aliphatic carbocycles. The van der Waals surface area contributed by atoms with Crippen molar-refractivity contribution in [3.8, 4) is 0 Å². The van der Waals surface area contributed by atoms with E-state index in [0.717, 1.165) is 22.0 Å². The lowest BCUT2D eigenvalue weighted by molar-refractivity contribution is -0.384. The summed E-state index contributed by atoms with van der Waals surface area (Å²) >= 11 is 0. The maximum Gasteiger partial charge on any atom is 0.270 e. The molecule has 0 atom stereocenters. The van der Waals surface area contributed by atoms with E-state index in [4.69, 9.17) is 5.73 Å². The Morgan fingerprint density at radius 1 is 1.33 bits per heavy atom. The highest BCUT2D eigenvalue weighted by Gasteiger charge is 2.13. The quantitative estimate of drug-likeness (QED) is 0.650. The molecular weight excluding hydrogens is 230 g/mol. The number of nitrogens with two attached hydrogens (primary N) is 1. The molecular formula is C13H15N3O2. The number of aryl methyl sites for hydroxylation is 1. The third-order valence-electron chi connectivity index (χ3n) is 2.99. The minimum atomic E-state index is -0.391. The molecule has 0 unspecified atom stereocenters. The van der Waals surface area contributed by atoms with Gasteiger partial charge in [0.25, 0.3) is 5.69 Å². The lowest BCUT2D eigenvalue weighted by atomic mass is 10.0. The summed E-state index contributed by atoms with van der Waals surface area (Å²) in [6, 6.07) is 4.95. The van der Waals surface area contributed by atoms with Gasteiger partial charge in [0.15, 0.2) is 0 Å². The number of hydrogen-bond donors (Lipinski definition) is 1. The molecule has 0 aliphatic rings. The molecule has 1 heterocycles. The van der Waals surface area contributed by atoms with E-state index < -0.39 is 4.92 Å². The molecule has 0 bridgehead atoms. The van der Waals surface area contributed by atoms with Crippen LogP contribution < -0.4 is 5.73 Å². The van der Waals surface area contributed by atoms with Gasteiger partial charge in [0, 0.05) is 17.5 Å². The SMILES string of the molecule is Cc1cc([N+](=O)[O-])cc2cc(C(C)C)c(N)nc12. The molecule has 2 N–H and O–H groups in total. The number of nitrogen functional groups attached to an aromatic ring is 1.